The van der Waals surface area contributed by atoms with E-state index in [1.165, 1.54) is 0 Å². The molecular formula is C24H25FN4O2. The van der Waals surface area contributed by atoms with Gasteiger partial charge in [-0.1, -0.05) is 24.3 Å². The van der Waals surface area contributed by atoms with E-state index >= 15 is 0 Å². The van der Waals surface area contributed by atoms with Crippen molar-refractivity contribution >= 4 is 23.2 Å². The fourth-order valence-corrected chi connectivity index (χ4v) is 3.12. The first-order valence-electron chi connectivity index (χ1n) is 9.95. The normalized spacial score (nSPS) is 11.5. The van der Waals surface area contributed by atoms with Crippen molar-refractivity contribution < 1.29 is 14.0 Å². The third-order valence-electron chi connectivity index (χ3n) is 4.70. The summed E-state index contributed by atoms with van der Waals surface area (Å²) < 4.78 is 12.3. The van der Waals surface area contributed by atoms with E-state index in [4.69, 9.17) is 0 Å². The predicted molar refractivity (Wildman–Crippen MR) is 120 cm³/mol. The number of carbonyl (C=O) groups excluding carboxylic acids is 2. The summed E-state index contributed by atoms with van der Waals surface area (Å²) in [6.45, 7) is 3.15. The zero-order valence-corrected chi connectivity index (χ0v) is 17.5. The maximum absolute atomic E-state index is 12.5. The zero-order chi connectivity index (χ0) is 22.2. The third-order valence-corrected chi connectivity index (χ3v) is 4.70. The van der Waals surface area contributed by atoms with E-state index in [-0.39, 0.29) is 18.5 Å². The van der Waals surface area contributed by atoms with Crippen LogP contribution in [0.1, 0.15) is 40.0 Å². The molecule has 0 fully saturated rings. The second kappa shape index (κ2) is 10.3. The Bertz CT molecular complexity index is 1070. The molecule has 0 radical (unpaired) electrons. The highest BCUT2D eigenvalue weighted by molar-refractivity contribution is 6.04. The quantitative estimate of drug-likeness (QED) is 0.504. The van der Waals surface area contributed by atoms with Crippen molar-refractivity contribution in [2.24, 2.45) is 0 Å². The van der Waals surface area contributed by atoms with Gasteiger partial charge in [-0.05, 0) is 60.9 Å². The Morgan fingerprint density at radius 1 is 1.03 bits per heavy atom. The van der Waals surface area contributed by atoms with Crippen LogP contribution in [0.25, 0.3) is 0 Å². The van der Waals surface area contributed by atoms with Gasteiger partial charge in [-0.3, -0.25) is 14.6 Å². The first-order chi connectivity index (χ1) is 14.9. The number of alkyl halides is 1. The van der Waals surface area contributed by atoms with Crippen molar-refractivity contribution in [2.45, 2.75) is 26.4 Å². The highest BCUT2D eigenvalue weighted by Crippen LogP contribution is 2.23. The van der Waals surface area contributed by atoms with Gasteiger partial charge in [0.15, 0.2) is 6.67 Å². The molecule has 1 heterocycles. The Morgan fingerprint density at radius 3 is 2.58 bits per heavy atom. The van der Waals surface area contributed by atoms with Crippen LogP contribution in [0.4, 0.5) is 15.8 Å². The number of halogens is 1. The number of carbonyl (C=O) groups is 2. The monoisotopic (exact) mass is 420 g/mol. The van der Waals surface area contributed by atoms with Crippen LogP contribution < -0.4 is 16.0 Å². The lowest BCUT2D eigenvalue weighted by Gasteiger charge is -2.17. The Hall–Kier alpha value is -3.74. The molecule has 1 aromatic heterocycles. The minimum atomic E-state index is -1.03. The van der Waals surface area contributed by atoms with Crippen molar-refractivity contribution in [3.63, 3.8) is 0 Å². The van der Waals surface area contributed by atoms with Crippen molar-refractivity contribution in [3.05, 3.63) is 89.2 Å². The molecule has 0 unspecified atom stereocenters. The molecule has 2 aromatic carbocycles. The van der Waals surface area contributed by atoms with Gasteiger partial charge in [-0.15, -0.1) is 0 Å². The first-order valence-corrected chi connectivity index (χ1v) is 9.95. The molecule has 160 valence electrons. The number of aryl methyl sites for hydroxylation is 1. The number of amides is 2. The van der Waals surface area contributed by atoms with E-state index in [2.05, 4.69) is 20.9 Å². The number of rotatable bonds is 8. The summed E-state index contributed by atoms with van der Waals surface area (Å²) in [5.41, 5.74) is 4.86. The highest BCUT2D eigenvalue weighted by atomic mass is 19.1. The molecule has 6 nitrogen and oxygen atoms in total. The van der Waals surface area contributed by atoms with Crippen LogP contribution in [0.2, 0.25) is 0 Å². The number of pyridine rings is 1. The minimum Gasteiger partial charge on any atom is -0.379 e. The fourth-order valence-electron chi connectivity index (χ4n) is 3.12. The molecule has 3 rings (SSSR count). The molecule has 3 aromatic rings. The van der Waals surface area contributed by atoms with Gasteiger partial charge < -0.3 is 16.0 Å². The summed E-state index contributed by atoms with van der Waals surface area (Å²) in [5.74, 6) is -0.843. The number of nitrogens with one attached hydrogen (secondary N) is 3. The topological polar surface area (TPSA) is 83.1 Å². The molecule has 0 saturated heterocycles. The molecule has 7 heteroatoms. The minimum absolute atomic E-state index is 0.0341. The number of benzene rings is 2. The Kier molecular flexibility index (Phi) is 7.32. The lowest BCUT2D eigenvalue weighted by atomic mass is 10.1. The smallest absolute Gasteiger partial charge is 0.257 e. The maximum atomic E-state index is 12.5. The fraction of sp³-hybridized carbons (Fsp3) is 0.208. The summed E-state index contributed by atoms with van der Waals surface area (Å²) in [5, 5.41) is 8.84. The van der Waals surface area contributed by atoms with E-state index in [0.717, 1.165) is 22.4 Å². The van der Waals surface area contributed by atoms with Crippen LogP contribution in [-0.2, 0) is 11.3 Å². The van der Waals surface area contributed by atoms with Gasteiger partial charge in [0.05, 0.1) is 5.56 Å². The average molecular weight is 420 g/mol. The standard InChI is InChI=1S/C24H25FN4O2/c1-16-9-20(15-26-13-16)24(31)29-22-8-4-6-19(11-22)17(2)28-21-7-3-5-18(10-21)14-27-23(30)12-25/h3-11,13,15,17,28H,12,14H2,1-2H3,(H,27,30)(H,29,31)/t17-/m0/s1. The summed E-state index contributed by atoms with van der Waals surface area (Å²) in [6.07, 6.45) is 3.24. The highest BCUT2D eigenvalue weighted by Gasteiger charge is 2.10. The second-order valence-electron chi connectivity index (χ2n) is 7.31. The van der Waals surface area contributed by atoms with E-state index in [9.17, 15) is 14.0 Å². The van der Waals surface area contributed by atoms with Crippen molar-refractivity contribution in [3.8, 4) is 0 Å². The maximum Gasteiger partial charge on any atom is 0.257 e. The lowest BCUT2D eigenvalue weighted by molar-refractivity contribution is -0.122. The van der Waals surface area contributed by atoms with Gasteiger partial charge in [0, 0.05) is 36.4 Å². The Labute approximate surface area is 180 Å². The molecule has 3 N–H and O–H groups in total. The second-order valence-corrected chi connectivity index (χ2v) is 7.31. The van der Waals surface area contributed by atoms with E-state index in [1.807, 2.05) is 62.4 Å². The Balaban J connectivity index is 1.65. The third kappa shape index (κ3) is 6.37. The zero-order valence-electron chi connectivity index (χ0n) is 17.5. The largest absolute Gasteiger partial charge is 0.379 e. The van der Waals surface area contributed by atoms with Gasteiger partial charge in [-0.25, -0.2) is 4.39 Å². The summed E-state index contributed by atoms with van der Waals surface area (Å²) >= 11 is 0. The SMILES string of the molecule is Cc1cncc(C(=O)Nc2cccc([C@H](C)Nc3cccc(CNC(=O)CF)c3)c2)c1. The number of aromatic nitrogens is 1. The molecule has 0 aliphatic rings. The summed E-state index contributed by atoms with van der Waals surface area (Å²) in [4.78, 5) is 27.7. The molecule has 0 aliphatic heterocycles. The number of hydrogen-bond donors (Lipinski definition) is 3. The van der Waals surface area contributed by atoms with Gasteiger partial charge >= 0.3 is 0 Å². The Morgan fingerprint density at radius 2 is 1.81 bits per heavy atom. The van der Waals surface area contributed by atoms with Crippen LogP contribution in [-0.4, -0.2) is 23.5 Å². The molecule has 0 bridgehead atoms. The van der Waals surface area contributed by atoms with Crippen LogP contribution >= 0.6 is 0 Å². The molecular weight excluding hydrogens is 395 g/mol. The van der Waals surface area contributed by atoms with Crippen molar-refractivity contribution in [1.82, 2.24) is 10.3 Å². The molecule has 0 aliphatic carbocycles. The van der Waals surface area contributed by atoms with Crippen LogP contribution in [0.15, 0.2) is 67.0 Å². The summed E-state index contributed by atoms with van der Waals surface area (Å²) in [6, 6.07) is 17.0. The molecule has 31 heavy (non-hydrogen) atoms. The lowest BCUT2D eigenvalue weighted by Crippen LogP contribution is -2.24. The van der Waals surface area contributed by atoms with Crippen molar-refractivity contribution in [2.75, 3.05) is 17.3 Å². The predicted octanol–water partition coefficient (Wildman–Crippen LogP) is 4.40. The van der Waals surface area contributed by atoms with Gasteiger partial charge in [-0.2, -0.15) is 0 Å². The van der Waals surface area contributed by atoms with Gasteiger partial charge in [0.1, 0.15) is 0 Å². The van der Waals surface area contributed by atoms with E-state index < -0.39 is 12.6 Å². The molecule has 2 amide bonds. The molecule has 1 atom stereocenters. The van der Waals surface area contributed by atoms with Gasteiger partial charge in [0.25, 0.3) is 11.8 Å². The summed E-state index contributed by atoms with van der Waals surface area (Å²) in [7, 11) is 0. The van der Waals surface area contributed by atoms with E-state index in [0.29, 0.717) is 11.3 Å². The molecule has 0 spiro atoms. The van der Waals surface area contributed by atoms with Crippen LogP contribution in [0, 0.1) is 6.92 Å². The van der Waals surface area contributed by atoms with Crippen molar-refractivity contribution in [1.29, 1.82) is 0 Å². The van der Waals surface area contributed by atoms with Gasteiger partial charge in [0.2, 0.25) is 0 Å². The number of hydrogen-bond acceptors (Lipinski definition) is 4. The van der Waals surface area contributed by atoms with E-state index in [1.54, 1.807) is 18.5 Å². The number of anilines is 2. The van der Waals surface area contributed by atoms with Crippen LogP contribution in [0.3, 0.4) is 0 Å². The van der Waals surface area contributed by atoms with Crippen LogP contribution in [0.5, 0.6) is 0 Å². The molecule has 0 saturated carbocycles. The first kappa shape index (κ1) is 22.0. The number of nitrogens with zero attached hydrogens (tertiary/aromatic N) is 1. The average Bonchev–Trinajstić information content (AvgIpc) is 2.78.